The van der Waals surface area contributed by atoms with E-state index in [-0.39, 0.29) is 0 Å². The van der Waals surface area contributed by atoms with Gasteiger partial charge in [0.15, 0.2) is 0 Å². The van der Waals surface area contributed by atoms with Crippen LogP contribution >= 0.6 is 11.6 Å². The van der Waals surface area contributed by atoms with Crippen molar-refractivity contribution in [2.24, 2.45) is 0 Å². The number of rotatable bonds is 3. The zero-order valence-corrected chi connectivity index (χ0v) is 10.4. The zero-order valence-electron chi connectivity index (χ0n) is 9.64. The van der Waals surface area contributed by atoms with Gasteiger partial charge < -0.3 is 11.1 Å². The Morgan fingerprint density at radius 2 is 1.41 bits per heavy atom. The van der Waals surface area contributed by atoms with Crippen molar-refractivity contribution in [1.82, 2.24) is 0 Å². The second-order valence-corrected chi connectivity index (χ2v) is 3.77. The number of hydrogen-bond donors (Lipinski definition) is 2. The molecule has 0 radical (unpaired) electrons. The molecule has 0 aromatic heterocycles. The van der Waals surface area contributed by atoms with E-state index in [0.717, 1.165) is 17.9 Å². The molecule has 17 heavy (non-hydrogen) atoms. The van der Waals surface area contributed by atoms with Crippen LogP contribution in [0.2, 0.25) is 0 Å². The molecule has 0 saturated carbocycles. The molecule has 0 amide bonds. The van der Waals surface area contributed by atoms with Gasteiger partial charge in [0.2, 0.25) is 0 Å². The second-order valence-electron chi connectivity index (χ2n) is 3.39. The molecule has 90 valence electrons. The molecule has 0 unspecified atom stereocenters. The first-order valence-electron chi connectivity index (χ1n) is 5.48. The predicted molar refractivity (Wildman–Crippen MR) is 76.5 cm³/mol. The molecule has 0 aliphatic carbocycles. The summed E-state index contributed by atoms with van der Waals surface area (Å²) in [5.74, 6) is 0.648. The number of hydrogen-bond acceptors (Lipinski definition) is 2. The highest BCUT2D eigenvalue weighted by Crippen LogP contribution is 2.03. The first-order chi connectivity index (χ1) is 8.33. The minimum atomic E-state index is 0.648. The molecule has 3 heteroatoms. The molecule has 0 atom stereocenters. The van der Waals surface area contributed by atoms with Crippen LogP contribution in [0.1, 0.15) is 0 Å². The van der Waals surface area contributed by atoms with Gasteiger partial charge in [-0.2, -0.15) is 0 Å². The highest BCUT2D eigenvalue weighted by atomic mass is 35.5. The smallest absolute Gasteiger partial charge is 0.0396 e. The maximum atomic E-state index is 5.49. The molecule has 0 spiro atoms. The second kappa shape index (κ2) is 8.48. The summed E-state index contributed by atoms with van der Waals surface area (Å²) < 4.78 is 0. The fourth-order valence-corrected chi connectivity index (χ4v) is 1.30. The van der Waals surface area contributed by atoms with E-state index in [1.807, 2.05) is 60.7 Å². The highest BCUT2D eigenvalue weighted by molar-refractivity contribution is 6.18. The fourth-order valence-electron chi connectivity index (χ4n) is 1.20. The largest absolute Gasteiger partial charge is 0.399 e. The number of para-hydroxylation sites is 2. The normalized spacial score (nSPS) is 9.00. The Balaban J connectivity index is 0.000000181. The molecule has 0 heterocycles. The van der Waals surface area contributed by atoms with Gasteiger partial charge in [-0.3, -0.25) is 0 Å². The SMILES string of the molecule is ClCCNc1ccccc1.Nc1ccccc1. The Hall–Kier alpha value is -1.67. The van der Waals surface area contributed by atoms with Crippen LogP contribution in [-0.2, 0) is 0 Å². The summed E-state index contributed by atoms with van der Waals surface area (Å²) in [7, 11) is 0. The molecule has 0 aliphatic heterocycles. The Kier molecular flexibility index (Phi) is 6.68. The number of nitrogens with two attached hydrogens (primary N) is 1. The van der Waals surface area contributed by atoms with Gasteiger partial charge in [-0.05, 0) is 24.3 Å². The molecule has 0 aliphatic rings. The van der Waals surface area contributed by atoms with E-state index < -0.39 is 0 Å². The number of anilines is 2. The molecule has 0 bridgehead atoms. The van der Waals surface area contributed by atoms with Crippen LogP contribution in [0, 0.1) is 0 Å². The third-order valence-electron chi connectivity index (χ3n) is 2.00. The Morgan fingerprint density at radius 1 is 0.882 bits per heavy atom. The third kappa shape index (κ3) is 6.48. The summed E-state index contributed by atoms with van der Waals surface area (Å²) in [5.41, 5.74) is 7.31. The van der Waals surface area contributed by atoms with Crippen LogP contribution in [0.4, 0.5) is 11.4 Å². The van der Waals surface area contributed by atoms with Crippen molar-refractivity contribution in [1.29, 1.82) is 0 Å². The average molecular weight is 249 g/mol. The van der Waals surface area contributed by atoms with Gasteiger partial charge in [0.05, 0.1) is 0 Å². The van der Waals surface area contributed by atoms with E-state index in [2.05, 4.69) is 5.32 Å². The van der Waals surface area contributed by atoms with Gasteiger partial charge in [-0.1, -0.05) is 36.4 Å². The van der Waals surface area contributed by atoms with Crippen molar-refractivity contribution in [3.05, 3.63) is 60.7 Å². The molecular formula is C14H17ClN2. The monoisotopic (exact) mass is 248 g/mol. The van der Waals surface area contributed by atoms with Crippen molar-refractivity contribution in [3.8, 4) is 0 Å². The lowest BCUT2D eigenvalue weighted by Gasteiger charge is -2.01. The average Bonchev–Trinajstić information content (AvgIpc) is 2.39. The molecule has 0 saturated heterocycles. The molecule has 2 rings (SSSR count). The van der Waals surface area contributed by atoms with Gasteiger partial charge in [0.25, 0.3) is 0 Å². The fraction of sp³-hybridized carbons (Fsp3) is 0.143. The highest BCUT2D eigenvalue weighted by Gasteiger charge is 1.85. The van der Waals surface area contributed by atoms with Crippen LogP contribution in [-0.4, -0.2) is 12.4 Å². The third-order valence-corrected chi connectivity index (χ3v) is 2.19. The summed E-state index contributed by atoms with van der Waals surface area (Å²) in [6.45, 7) is 0.825. The maximum Gasteiger partial charge on any atom is 0.0396 e. The molecule has 2 nitrogen and oxygen atoms in total. The molecule has 2 aromatic carbocycles. The summed E-state index contributed by atoms with van der Waals surface area (Å²) in [4.78, 5) is 0. The first kappa shape index (κ1) is 13.4. The Labute approximate surface area is 107 Å². The van der Waals surface area contributed by atoms with Gasteiger partial charge in [0, 0.05) is 23.8 Å². The minimum Gasteiger partial charge on any atom is -0.399 e. The molecule has 0 fully saturated rings. The van der Waals surface area contributed by atoms with E-state index in [1.54, 1.807) is 0 Å². The van der Waals surface area contributed by atoms with E-state index in [1.165, 1.54) is 0 Å². The van der Waals surface area contributed by atoms with E-state index in [0.29, 0.717) is 5.88 Å². The van der Waals surface area contributed by atoms with Gasteiger partial charge >= 0.3 is 0 Å². The molecular weight excluding hydrogens is 232 g/mol. The lowest BCUT2D eigenvalue weighted by molar-refractivity contribution is 1.22. The Morgan fingerprint density at radius 3 is 1.82 bits per heavy atom. The maximum absolute atomic E-state index is 5.49. The number of nitrogen functional groups attached to an aromatic ring is 1. The zero-order chi connectivity index (χ0) is 12.3. The van der Waals surface area contributed by atoms with Crippen LogP contribution in [0.25, 0.3) is 0 Å². The summed E-state index contributed by atoms with van der Waals surface area (Å²) in [5, 5.41) is 3.16. The van der Waals surface area contributed by atoms with Crippen LogP contribution < -0.4 is 11.1 Å². The first-order valence-corrected chi connectivity index (χ1v) is 6.02. The molecule has 3 N–H and O–H groups in total. The van der Waals surface area contributed by atoms with Crippen molar-refractivity contribution in [2.75, 3.05) is 23.5 Å². The lowest BCUT2D eigenvalue weighted by atomic mass is 10.3. The number of benzene rings is 2. The van der Waals surface area contributed by atoms with Crippen LogP contribution in [0.3, 0.4) is 0 Å². The van der Waals surface area contributed by atoms with E-state index in [4.69, 9.17) is 17.3 Å². The van der Waals surface area contributed by atoms with E-state index in [9.17, 15) is 0 Å². The quantitative estimate of drug-likeness (QED) is 0.643. The summed E-state index contributed by atoms with van der Waals surface area (Å²) >= 11 is 5.49. The van der Waals surface area contributed by atoms with Gasteiger partial charge in [-0.15, -0.1) is 11.6 Å². The Bertz CT molecular complexity index is 389. The van der Waals surface area contributed by atoms with Crippen LogP contribution in [0.5, 0.6) is 0 Å². The minimum absolute atomic E-state index is 0.648. The number of halogens is 1. The summed E-state index contributed by atoms with van der Waals surface area (Å²) in [6, 6.07) is 19.5. The van der Waals surface area contributed by atoms with Crippen molar-refractivity contribution in [3.63, 3.8) is 0 Å². The number of nitrogens with one attached hydrogen (secondary N) is 1. The lowest BCUT2D eigenvalue weighted by Crippen LogP contribution is -2.01. The van der Waals surface area contributed by atoms with Crippen LogP contribution in [0.15, 0.2) is 60.7 Å². The topological polar surface area (TPSA) is 38.0 Å². The number of alkyl halides is 1. The van der Waals surface area contributed by atoms with Gasteiger partial charge in [0.1, 0.15) is 0 Å². The van der Waals surface area contributed by atoms with Crippen molar-refractivity contribution in [2.45, 2.75) is 0 Å². The molecule has 2 aromatic rings. The standard InChI is InChI=1S/C8H10ClN.C6H7N/c9-6-7-10-8-4-2-1-3-5-8;7-6-4-2-1-3-5-6/h1-5,10H,6-7H2;1-5H,7H2. The van der Waals surface area contributed by atoms with Crippen molar-refractivity contribution >= 4 is 23.0 Å². The van der Waals surface area contributed by atoms with Gasteiger partial charge in [-0.25, -0.2) is 0 Å². The van der Waals surface area contributed by atoms with E-state index >= 15 is 0 Å². The van der Waals surface area contributed by atoms with Crippen molar-refractivity contribution < 1.29 is 0 Å². The summed E-state index contributed by atoms with van der Waals surface area (Å²) in [6.07, 6.45) is 0. The predicted octanol–water partition coefficient (Wildman–Crippen LogP) is 3.61.